The predicted octanol–water partition coefficient (Wildman–Crippen LogP) is -1.02. The highest BCUT2D eigenvalue weighted by Crippen LogP contribution is 2.23. The van der Waals surface area contributed by atoms with Crippen LogP contribution in [0.1, 0.15) is 18.4 Å². The first-order chi connectivity index (χ1) is 13.5. The molecule has 1 aromatic carbocycles. The van der Waals surface area contributed by atoms with Gasteiger partial charge in [-0.2, -0.15) is 0 Å². The number of rotatable bonds is 7. The Balaban J connectivity index is 2.26. The van der Waals surface area contributed by atoms with Crippen molar-refractivity contribution < 1.29 is 44.0 Å². The van der Waals surface area contributed by atoms with Crippen LogP contribution in [-0.2, 0) is 28.7 Å². The van der Waals surface area contributed by atoms with Crippen molar-refractivity contribution in [1.29, 1.82) is 0 Å². The Labute approximate surface area is 162 Å². The molecule has 12 nitrogen and oxygen atoms in total. The molecule has 1 amide bonds. The van der Waals surface area contributed by atoms with Crippen LogP contribution in [0, 0.1) is 0 Å². The van der Waals surface area contributed by atoms with Crippen LogP contribution in [0.4, 0.5) is 5.69 Å². The first-order valence-electron chi connectivity index (χ1n) is 7.90. The number of nitrogens with two attached hydrogens (primary N) is 1. The van der Waals surface area contributed by atoms with Gasteiger partial charge in [-0.15, -0.1) is 0 Å². The molecule has 0 radical (unpaired) electrons. The third-order valence-corrected chi connectivity index (χ3v) is 3.71. The number of ether oxygens (including phenoxy) is 1. The fraction of sp³-hybridized carbons (Fsp3) is 0.176. The standard InChI is InChI=1S/C17H15N3O9/c18-14(24)12-13(19-7-8-3-1-2-4-9(8)20-12)15(25)29-11(23)6-17(28,16(26)27)5-10(21)22/h1-4,7,20,28H,5-6H2,(H2,18,24)(H,21,22)(H,26,27). The summed E-state index contributed by atoms with van der Waals surface area (Å²) in [6, 6.07) is 6.49. The number of aliphatic carboxylic acids is 2. The van der Waals surface area contributed by atoms with Gasteiger partial charge in [-0.3, -0.25) is 14.4 Å². The number of fused-ring (bicyclic) bond motifs is 1. The van der Waals surface area contributed by atoms with Crippen molar-refractivity contribution in [2.24, 2.45) is 10.7 Å². The Morgan fingerprint density at radius 3 is 2.34 bits per heavy atom. The SMILES string of the molecule is NC(=O)C1=C(C(=O)OC(=O)CC(O)(CC(=O)O)C(=O)O)N=Cc2ccccc2N1. The number of esters is 2. The molecule has 152 valence electrons. The largest absolute Gasteiger partial charge is 0.481 e. The summed E-state index contributed by atoms with van der Waals surface area (Å²) in [5, 5.41) is 30.1. The highest BCUT2D eigenvalue weighted by atomic mass is 16.6. The van der Waals surface area contributed by atoms with E-state index in [2.05, 4.69) is 15.0 Å². The van der Waals surface area contributed by atoms with Crippen LogP contribution in [0.2, 0.25) is 0 Å². The zero-order chi connectivity index (χ0) is 21.8. The number of nitrogens with one attached hydrogen (secondary N) is 1. The molecule has 0 spiro atoms. The number of hydrogen-bond donors (Lipinski definition) is 5. The van der Waals surface area contributed by atoms with Gasteiger partial charge in [0.1, 0.15) is 5.70 Å². The zero-order valence-corrected chi connectivity index (χ0v) is 14.6. The average molecular weight is 405 g/mol. The van der Waals surface area contributed by atoms with E-state index in [0.717, 1.165) is 0 Å². The molecule has 1 aliphatic heterocycles. The lowest BCUT2D eigenvalue weighted by Gasteiger charge is -2.19. The van der Waals surface area contributed by atoms with Gasteiger partial charge in [0.05, 0.1) is 12.8 Å². The van der Waals surface area contributed by atoms with Gasteiger partial charge in [-0.25, -0.2) is 14.6 Å². The molecule has 1 unspecified atom stereocenters. The molecule has 2 rings (SSSR count). The lowest BCUT2D eigenvalue weighted by molar-refractivity contribution is -0.173. The number of carboxylic acids is 2. The van der Waals surface area contributed by atoms with Crippen molar-refractivity contribution in [3.8, 4) is 0 Å². The molecule has 1 aliphatic rings. The molecule has 0 bridgehead atoms. The Hall–Kier alpha value is -4.06. The lowest BCUT2D eigenvalue weighted by atomic mass is 9.96. The van der Waals surface area contributed by atoms with E-state index in [0.29, 0.717) is 11.3 Å². The number of benzene rings is 1. The molecule has 6 N–H and O–H groups in total. The van der Waals surface area contributed by atoms with Gasteiger partial charge in [0.2, 0.25) is 0 Å². The van der Waals surface area contributed by atoms with Crippen LogP contribution in [0.3, 0.4) is 0 Å². The van der Waals surface area contributed by atoms with Gasteiger partial charge < -0.3 is 31.1 Å². The molecule has 1 atom stereocenters. The fourth-order valence-corrected chi connectivity index (χ4v) is 2.34. The number of carboxylic acid groups (broad SMARTS) is 2. The molecule has 0 saturated heterocycles. The van der Waals surface area contributed by atoms with Crippen molar-refractivity contribution in [1.82, 2.24) is 0 Å². The molecule has 12 heteroatoms. The maximum Gasteiger partial charge on any atom is 0.366 e. The molecule has 29 heavy (non-hydrogen) atoms. The minimum Gasteiger partial charge on any atom is -0.481 e. The predicted molar refractivity (Wildman–Crippen MR) is 94.4 cm³/mol. The minimum absolute atomic E-state index is 0.390. The summed E-state index contributed by atoms with van der Waals surface area (Å²) >= 11 is 0. The molecule has 0 saturated carbocycles. The smallest absolute Gasteiger partial charge is 0.366 e. The Bertz CT molecular complexity index is 967. The number of anilines is 1. The van der Waals surface area contributed by atoms with E-state index < -0.39 is 59.6 Å². The summed E-state index contributed by atoms with van der Waals surface area (Å²) in [6.45, 7) is 0. The van der Waals surface area contributed by atoms with Crippen LogP contribution in [0.5, 0.6) is 0 Å². The summed E-state index contributed by atoms with van der Waals surface area (Å²) in [6.07, 6.45) is -1.44. The van der Waals surface area contributed by atoms with Crippen LogP contribution in [0.25, 0.3) is 0 Å². The first-order valence-corrected chi connectivity index (χ1v) is 7.90. The van der Waals surface area contributed by atoms with E-state index >= 15 is 0 Å². The van der Waals surface area contributed by atoms with E-state index in [1.807, 2.05) is 0 Å². The van der Waals surface area contributed by atoms with Crippen molar-refractivity contribution in [3.63, 3.8) is 0 Å². The van der Waals surface area contributed by atoms with Gasteiger partial charge in [0, 0.05) is 17.5 Å². The third-order valence-electron chi connectivity index (χ3n) is 3.71. The summed E-state index contributed by atoms with van der Waals surface area (Å²) in [5.74, 6) is -7.78. The summed E-state index contributed by atoms with van der Waals surface area (Å²) in [5.41, 5.74) is 1.97. The Morgan fingerprint density at radius 1 is 1.10 bits per heavy atom. The second kappa shape index (κ2) is 8.31. The lowest BCUT2D eigenvalue weighted by Crippen LogP contribution is -2.43. The normalized spacial score (nSPS) is 14.7. The summed E-state index contributed by atoms with van der Waals surface area (Å²) < 4.78 is 4.44. The van der Waals surface area contributed by atoms with Crippen LogP contribution in [-0.4, -0.2) is 56.9 Å². The first kappa shape index (κ1) is 21.2. The number of aliphatic imine (C=N–C) groups is 1. The maximum atomic E-state index is 12.3. The number of aliphatic hydroxyl groups is 1. The minimum atomic E-state index is -2.99. The number of primary amides is 1. The van der Waals surface area contributed by atoms with Crippen LogP contribution in [0.15, 0.2) is 40.7 Å². The Morgan fingerprint density at radius 2 is 1.76 bits per heavy atom. The molecule has 0 aromatic heterocycles. The number of para-hydroxylation sites is 1. The number of carbonyl (C=O) groups excluding carboxylic acids is 3. The Kier molecular flexibility index (Phi) is 6.09. The molecular formula is C17H15N3O9. The third kappa shape index (κ3) is 5.01. The summed E-state index contributed by atoms with van der Waals surface area (Å²) in [7, 11) is 0. The van der Waals surface area contributed by atoms with Crippen molar-refractivity contribution in [2.45, 2.75) is 18.4 Å². The topological polar surface area (TPSA) is 206 Å². The summed E-state index contributed by atoms with van der Waals surface area (Å²) in [4.78, 5) is 61.5. The fourth-order valence-electron chi connectivity index (χ4n) is 2.34. The average Bonchev–Trinajstić information content (AvgIpc) is 2.80. The van der Waals surface area contributed by atoms with Gasteiger partial charge in [-0.05, 0) is 6.07 Å². The molecular weight excluding hydrogens is 390 g/mol. The van der Waals surface area contributed by atoms with Crippen LogP contribution >= 0.6 is 0 Å². The van der Waals surface area contributed by atoms with E-state index in [-0.39, 0.29) is 0 Å². The molecule has 1 aromatic rings. The van der Waals surface area contributed by atoms with Crippen LogP contribution < -0.4 is 11.1 Å². The second-order valence-corrected chi connectivity index (χ2v) is 5.90. The number of carbonyl (C=O) groups is 5. The number of amides is 1. The van der Waals surface area contributed by atoms with E-state index in [9.17, 15) is 29.1 Å². The molecule has 0 fully saturated rings. The van der Waals surface area contributed by atoms with Gasteiger partial charge >= 0.3 is 23.9 Å². The number of hydrogen-bond acceptors (Lipinski definition) is 9. The van der Waals surface area contributed by atoms with Gasteiger partial charge in [-0.1, -0.05) is 18.2 Å². The van der Waals surface area contributed by atoms with Crippen molar-refractivity contribution in [3.05, 3.63) is 41.2 Å². The number of nitrogens with zero attached hydrogens (tertiary/aromatic N) is 1. The zero-order valence-electron chi connectivity index (χ0n) is 14.6. The monoisotopic (exact) mass is 405 g/mol. The molecule has 0 aliphatic carbocycles. The van der Waals surface area contributed by atoms with Crippen molar-refractivity contribution >= 4 is 41.7 Å². The quantitative estimate of drug-likeness (QED) is 0.275. The van der Waals surface area contributed by atoms with Gasteiger partial charge in [0.15, 0.2) is 11.3 Å². The highest BCUT2D eigenvalue weighted by Gasteiger charge is 2.42. The van der Waals surface area contributed by atoms with E-state index in [4.69, 9.17) is 15.9 Å². The molecule has 1 heterocycles. The highest BCUT2D eigenvalue weighted by molar-refractivity contribution is 6.09. The van der Waals surface area contributed by atoms with Crippen molar-refractivity contribution in [2.75, 3.05) is 5.32 Å². The van der Waals surface area contributed by atoms with E-state index in [1.54, 1.807) is 24.3 Å². The maximum absolute atomic E-state index is 12.3. The second-order valence-electron chi connectivity index (χ2n) is 5.90. The van der Waals surface area contributed by atoms with E-state index in [1.165, 1.54) is 6.21 Å². The van der Waals surface area contributed by atoms with Gasteiger partial charge in [0.25, 0.3) is 5.91 Å².